The van der Waals surface area contributed by atoms with Crippen LogP contribution in [0.2, 0.25) is 5.02 Å². The van der Waals surface area contributed by atoms with Crippen LogP contribution in [0.1, 0.15) is 49.8 Å². The van der Waals surface area contributed by atoms with Crippen molar-refractivity contribution in [3.05, 3.63) is 64.6 Å². The lowest BCUT2D eigenvalue weighted by atomic mass is 9.90. The van der Waals surface area contributed by atoms with Crippen LogP contribution in [0.15, 0.2) is 59.6 Å². The van der Waals surface area contributed by atoms with E-state index >= 15 is 0 Å². The topological polar surface area (TPSA) is 146 Å². The minimum atomic E-state index is -5.08. The molecule has 3 heterocycles. The summed E-state index contributed by atoms with van der Waals surface area (Å²) in [5.41, 5.74) is 7.10. The molecular formula is C35H43ClF3N5O6S2. The quantitative estimate of drug-likeness (QED) is 0.272. The van der Waals surface area contributed by atoms with E-state index in [1.165, 1.54) is 36.4 Å². The van der Waals surface area contributed by atoms with E-state index in [1.54, 1.807) is 40.5 Å². The zero-order valence-electron chi connectivity index (χ0n) is 28.5. The van der Waals surface area contributed by atoms with E-state index in [4.69, 9.17) is 32.0 Å². The van der Waals surface area contributed by atoms with E-state index in [2.05, 4.69) is 9.88 Å². The lowest BCUT2D eigenvalue weighted by Gasteiger charge is -2.42. The van der Waals surface area contributed by atoms with Crippen molar-refractivity contribution in [2.45, 2.75) is 74.6 Å². The largest absolute Gasteiger partial charge is 0.493 e. The molecule has 2 aromatic carbocycles. The summed E-state index contributed by atoms with van der Waals surface area (Å²) >= 11 is 7.64. The highest BCUT2D eigenvalue weighted by Gasteiger charge is 2.42. The number of nitrogens with two attached hydrogens (primary N) is 1. The molecule has 3 aliphatic rings. The monoisotopic (exact) mass is 785 g/mol. The SMILES string of the molecule is NC1CCN(C(=O)[C@@H]2CN(Cc3cnc(-c4ccc(Cl)cc4)s3)CCN2S(=O)(=O)c2ccc(OCC3CCCCC3)cc2)CC1.O=C(O)C(F)(F)F. The molecule has 2 saturated heterocycles. The molecule has 3 aromatic rings. The number of rotatable bonds is 9. The van der Waals surface area contributed by atoms with Gasteiger partial charge >= 0.3 is 12.1 Å². The van der Waals surface area contributed by atoms with Gasteiger partial charge in [0.15, 0.2) is 0 Å². The number of carbonyl (C=O) groups excluding carboxylic acids is 1. The van der Waals surface area contributed by atoms with Crippen molar-refractivity contribution >= 4 is 44.8 Å². The van der Waals surface area contributed by atoms with E-state index in [0.717, 1.165) is 15.4 Å². The normalized spacial score (nSPS) is 19.9. The molecule has 1 aliphatic carbocycles. The smallest absolute Gasteiger partial charge is 0.490 e. The molecule has 11 nitrogen and oxygen atoms in total. The van der Waals surface area contributed by atoms with E-state index in [0.29, 0.717) is 68.9 Å². The fraction of sp³-hybridized carbons (Fsp3) is 0.514. The Kier molecular flexibility index (Phi) is 13.6. The van der Waals surface area contributed by atoms with Gasteiger partial charge in [0.2, 0.25) is 15.9 Å². The van der Waals surface area contributed by atoms with Gasteiger partial charge in [0.1, 0.15) is 16.8 Å². The third-order valence-electron chi connectivity index (χ3n) is 9.46. The van der Waals surface area contributed by atoms with Crippen LogP contribution >= 0.6 is 22.9 Å². The summed E-state index contributed by atoms with van der Waals surface area (Å²) in [7, 11) is -3.93. The minimum Gasteiger partial charge on any atom is -0.493 e. The molecule has 1 aromatic heterocycles. The number of piperidine rings is 1. The molecular weight excluding hydrogens is 743 g/mol. The van der Waals surface area contributed by atoms with Gasteiger partial charge in [0.05, 0.1) is 11.5 Å². The van der Waals surface area contributed by atoms with Crippen molar-refractivity contribution in [2.75, 3.05) is 39.3 Å². The first-order valence-corrected chi connectivity index (χ1v) is 19.9. The van der Waals surface area contributed by atoms with Crippen molar-refractivity contribution in [1.82, 2.24) is 19.1 Å². The Morgan fingerprint density at radius 3 is 2.21 bits per heavy atom. The molecule has 3 N–H and O–H groups in total. The van der Waals surface area contributed by atoms with Crippen LogP contribution in [-0.2, 0) is 26.2 Å². The summed E-state index contributed by atoms with van der Waals surface area (Å²) in [6.45, 7) is 3.34. The summed E-state index contributed by atoms with van der Waals surface area (Å²) in [6.07, 6.45) is 4.36. The lowest BCUT2D eigenvalue weighted by Crippen LogP contribution is -2.61. The summed E-state index contributed by atoms with van der Waals surface area (Å²) in [5.74, 6) is -1.69. The highest BCUT2D eigenvalue weighted by molar-refractivity contribution is 7.89. The van der Waals surface area contributed by atoms with Gasteiger partial charge in [0, 0.05) is 67.0 Å². The molecule has 3 fully saturated rings. The van der Waals surface area contributed by atoms with Gasteiger partial charge in [-0.15, -0.1) is 11.3 Å². The van der Waals surface area contributed by atoms with Crippen LogP contribution in [0.3, 0.4) is 0 Å². The average Bonchev–Trinajstić information content (AvgIpc) is 3.60. The number of benzene rings is 2. The summed E-state index contributed by atoms with van der Waals surface area (Å²) in [4.78, 5) is 32.6. The number of hydrogen-bond acceptors (Lipinski definition) is 9. The van der Waals surface area contributed by atoms with Crippen LogP contribution in [-0.4, -0.2) is 102 Å². The molecule has 0 bridgehead atoms. The zero-order valence-corrected chi connectivity index (χ0v) is 30.9. The van der Waals surface area contributed by atoms with Gasteiger partial charge in [-0.2, -0.15) is 17.5 Å². The molecule has 284 valence electrons. The predicted molar refractivity (Wildman–Crippen MR) is 192 cm³/mol. The predicted octanol–water partition coefficient (Wildman–Crippen LogP) is 5.88. The van der Waals surface area contributed by atoms with Crippen molar-refractivity contribution in [2.24, 2.45) is 11.7 Å². The number of alkyl halides is 3. The fourth-order valence-corrected chi connectivity index (χ4v) is 9.17. The second-order valence-electron chi connectivity index (χ2n) is 13.3. The number of amides is 1. The average molecular weight is 786 g/mol. The maximum Gasteiger partial charge on any atom is 0.490 e. The van der Waals surface area contributed by atoms with Crippen LogP contribution < -0.4 is 10.5 Å². The number of thiazole rings is 1. The molecule has 0 radical (unpaired) electrons. The summed E-state index contributed by atoms with van der Waals surface area (Å²) in [6, 6.07) is 13.5. The standard InChI is InChI=1S/C33H42ClN5O4S2.C2HF3O2/c34-26-8-6-25(7-9-26)32-36-20-29(44-32)21-37-18-19-39(31(22-37)33(40)38-16-14-27(35)15-17-38)45(41,42)30-12-10-28(11-13-30)43-23-24-4-2-1-3-5-24;3-2(4,5)1(6)7/h6-13,20,24,27,31H,1-5,14-19,21-23,35H2;(H,6,7)/t31-;/m0./s1. The molecule has 17 heteroatoms. The third kappa shape index (κ3) is 10.7. The Morgan fingerprint density at radius 1 is 0.962 bits per heavy atom. The van der Waals surface area contributed by atoms with Crippen molar-refractivity contribution in [3.63, 3.8) is 0 Å². The van der Waals surface area contributed by atoms with Crippen molar-refractivity contribution < 1.29 is 41.0 Å². The highest BCUT2D eigenvalue weighted by Crippen LogP contribution is 2.30. The number of hydrogen-bond donors (Lipinski definition) is 2. The van der Waals surface area contributed by atoms with Gasteiger partial charge in [0.25, 0.3) is 0 Å². The number of aliphatic carboxylic acids is 1. The minimum absolute atomic E-state index is 0.0664. The van der Waals surface area contributed by atoms with Gasteiger partial charge in [-0.25, -0.2) is 18.2 Å². The van der Waals surface area contributed by atoms with E-state index in [1.807, 2.05) is 30.5 Å². The molecule has 1 saturated carbocycles. The number of likely N-dealkylation sites (tertiary alicyclic amines) is 1. The second kappa shape index (κ2) is 17.7. The van der Waals surface area contributed by atoms with Crippen LogP contribution in [0, 0.1) is 5.92 Å². The Hall–Kier alpha value is -3.28. The molecule has 1 atom stereocenters. The first-order chi connectivity index (χ1) is 24.7. The van der Waals surface area contributed by atoms with Crippen LogP contribution in [0.25, 0.3) is 10.6 Å². The number of carboxylic acids is 1. The number of halogens is 4. The van der Waals surface area contributed by atoms with Crippen molar-refractivity contribution in [1.29, 1.82) is 0 Å². The van der Waals surface area contributed by atoms with E-state index in [-0.39, 0.29) is 23.4 Å². The number of nitrogens with zero attached hydrogens (tertiary/aromatic N) is 4. The molecule has 0 spiro atoms. The number of piperazine rings is 1. The maximum absolute atomic E-state index is 14.1. The number of sulfonamides is 1. The number of carbonyl (C=O) groups is 2. The summed E-state index contributed by atoms with van der Waals surface area (Å²) < 4.78 is 67.3. The van der Waals surface area contributed by atoms with Gasteiger partial charge in [-0.3, -0.25) is 9.69 Å². The Balaban J connectivity index is 0.000000679. The van der Waals surface area contributed by atoms with Crippen molar-refractivity contribution in [3.8, 4) is 16.3 Å². The molecule has 2 aliphatic heterocycles. The Labute approximate surface area is 310 Å². The zero-order chi connectivity index (χ0) is 37.5. The lowest BCUT2D eigenvalue weighted by molar-refractivity contribution is -0.192. The van der Waals surface area contributed by atoms with Crippen LogP contribution in [0.5, 0.6) is 5.75 Å². The molecule has 0 unspecified atom stereocenters. The Morgan fingerprint density at radius 2 is 1.60 bits per heavy atom. The summed E-state index contributed by atoms with van der Waals surface area (Å²) in [5, 5.41) is 8.69. The third-order valence-corrected chi connectivity index (χ3v) is 12.7. The van der Waals surface area contributed by atoms with Crippen LogP contribution in [0.4, 0.5) is 13.2 Å². The van der Waals surface area contributed by atoms with Gasteiger partial charge < -0.3 is 20.5 Å². The highest BCUT2D eigenvalue weighted by atomic mass is 35.5. The van der Waals surface area contributed by atoms with Gasteiger partial charge in [-0.05, 0) is 68.0 Å². The van der Waals surface area contributed by atoms with E-state index in [9.17, 15) is 26.4 Å². The number of ether oxygens (including phenoxy) is 1. The first-order valence-electron chi connectivity index (χ1n) is 17.2. The number of carboxylic acid groups (broad SMARTS) is 1. The van der Waals surface area contributed by atoms with E-state index < -0.39 is 28.2 Å². The molecule has 52 heavy (non-hydrogen) atoms. The fourth-order valence-electron chi connectivity index (χ4n) is 6.52. The number of aromatic nitrogens is 1. The molecule has 1 amide bonds. The van der Waals surface area contributed by atoms with Gasteiger partial charge in [-0.1, -0.05) is 43.0 Å². The second-order valence-corrected chi connectivity index (χ2v) is 16.7. The maximum atomic E-state index is 14.1. The first kappa shape index (κ1) is 39.9. The Bertz CT molecular complexity index is 1750. The molecule has 6 rings (SSSR count).